The zero-order valence-electron chi connectivity index (χ0n) is 16.0. The Bertz CT molecular complexity index is 1270. The first-order chi connectivity index (χ1) is 15.3. The number of aliphatic imine (C=N–C) groups is 1. The van der Waals surface area contributed by atoms with E-state index >= 15 is 0 Å². The molecule has 0 radical (unpaired) electrons. The maximum Gasteiger partial charge on any atom is 0.363 e. The summed E-state index contributed by atoms with van der Waals surface area (Å²) in [5.41, 5.74) is 2.32. The molecule has 0 aliphatic carbocycles. The van der Waals surface area contributed by atoms with E-state index in [1.165, 1.54) is 0 Å². The highest BCUT2D eigenvalue weighted by atomic mass is 79.9. The number of nitrogens with zero attached hydrogens (tertiary/aromatic N) is 1. The first-order valence-corrected chi connectivity index (χ1v) is 11.9. The standard InChI is InChI=1S/C23H12Br2Cl3NO3/c24-15-7-13(8-16(25)21(15)31-11-12-5-6-18(27)19(28)9-12)10-20-23(30)32-22(29-20)14-3-1-2-4-17(14)26/h1-10H,11H2/b20-10-. The van der Waals surface area contributed by atoms with Gasteiger partial charge in [0.25, 0.3) is 0 Å². The number of hydrogen-bond donors (Lipinski definition) is 0. The summed E-state index contributed by atoms with van der Waals surface area (Å²) in [4.78, 5) is 16.6. The van der Waals surface area contributed by atoms with Gasteiger partial charge in [-0.3, -0.25) is 0 Å². The van der Waals surface area contributed by atoms with Crippen molar-refractivity contribution in [3.8, 4) is 5.75 Å². The van der Waals surface area contributed by atoms with Gasteiger partial charge in [0, 0.05) is 0 Å². The van der Waals surface area contributed by atoms with Crippen molar-refractivity contribution >= 4 is 84.6 Å². The van der Waals surface area contributed by atoms with Crippen LogP contribution in [0.5, 0.6) is 5.75 Å². The van der Waals surface area contributed by atoms with E-state index in [9.17, 15) is 4.79 Å². The largest absolute Gasteiger partial charge is 0.487 e. The molecule has 9 heteroatoms. The number of esters is 1. The Kier molecular flexibility index (Phi) is 7.27. The van der Waals surface area contributed by atoms with E-state index in [0.717, 1.165) is 11.1 Å². The SMILES string of the molecule is O=C1OC(c2ccccc2Cl)=N/C1=C\c1cc(Br)c(OCc2ccc(Cl)c(Cl)c2)c(Br)c1. The predicted molar refractivity (Wildman–Crippen MR) is 135 cm³/mol. The van der Waals surface area contributed by atoms with Gasteiger partial charge < -0.3 is 9.47 Å². The molecule has 0 saturated heterocycles. The van der Waals surface area contributed by atoms with Crippen molar-refractivity contribution in [1.82, 2.24) is 0 Å². The number of halogens is 5. The molecule has 3 aromatic carbocycles. The fraction of sp³-hybridized carbons (Fsp3) is 0.0435. The summed E-state index contributed by atoms with van der Waals surface area (Å²) < 4.78 is 12.6. The molecule has 0 amide bonds. The number of rotatable bonds is 5. The second kappa shape index (κ2) is 9.98. The summed E-state index contributed by atoms with van der Waals surface area (Å²) in [5, 5.41) is 1.41. The molecule has 4 nitrogen and oxygen atoms in total. The zero-order valence-corrected chi connectivity index (χ0v) is 21.5. The number of benzene rings is 3. The van der Waals surface area contributed by atoms with E-state index < -0.39 is 5.97 Å². The van der Waals surface area contributed by atoms with Gasteiger partial charge in [-0.1, -0.05) is 53.0 Å². The molecule has 4 rings (SSSR count). The van der Waals surface area contributed by atoms with Crippen LogP contribution in [0.25, 0.3) is 6.08 Å². The van der Waals surface area contributed by atoms with Gasteiger partial charge in [-0.2, -0.15) is 0 Å². The number of hydrogen-bond acceptors (Lipinski definition) is 4. The average Bonchev–Trinajstić information content (AvgIpc) is 3.10. The fourth-order valence-corrected chi connectivity index (χ4v) is 4.89. The summed E-state index contributed by atoms with van der Waals surface area (Å²) in [6, 6.07) is 16.0. The second-order valence-corrected chi connectivity index (χ2v) is 9.60. The van der Waals surface area contributed by atoms with Crippen molar-refractivity contribution in [1.29, 1.82) is 0 Å². The highest BCUT2D eigenvalue weighted by molar-refractivity contribution is 9.11. The highest BCUT2D eigenvalue weighted by Crippen LogP contribution is 2.36. The molecule has 1 aliphatic rings. The third kappa shape index (κ3) is 5.21. The molecule has 0 bridgehead atoms. The molecule has 1 aliphatic heterocycles. The Hall–Kier alpha value is -1.83. The van der Waals surface area contributed by atoms with Crippen molar-refractivity contribution < 1.29 is 14.3 Å². The zero-order chi connectivity index (χ0) is 22.8. The van der Waals surface area contributed by atoms with E-state index in [2.05, 4.69) is 36.9 Å². The lowest BCUT2D eigenvalue weighted by molar-refractivity contribution is -0.129. The van der Waals surface area contributed by atoms with Gasteiger partial charge in [0.15, 0.2) is 5.70 Å². The summed E-state index contributed by atoms with van der Waals surface area (Å²) in [6.45, 7) is 0.298. The lowest BCUT2D eigenvalue weighted by atomic mass is 10.2. The van der Waals surface area contributed by atoms with Gasteiger partial charge in [0.05, 0.1) is 29.6 Å². The lowest BCUT2D eigenvalue weighted by Crippen LogP contribution is -2.05. The van der Waals surface area contributed by atoms with Crippen molar-refractivity contribution in [3.05, 3.63) is 101 Å². The van der Waals surface area contributed by atoms with Gasteiger partial charge in [-0.15, -0.1) is 0 Å². The van der Waals surface area contributed by atoms with Crippen LogP contribution < -0.4 is 4.74 Å². The maximum atomic E-state index is 12.3. The molecule has 32 heavy (non-hydrogen) atoms. The van der Waals surface area contributed by atoms with Crippen molar-refractivity contribution in [2.45, 2.75) is 6.61 Å². The molecule has 162 valence electrons. The van der Waals surface area contributed by atoms with Crippen molar-refractivity contribution in [2.75, 3.05) is 0 Å². The van der Waals surface area contributed by atoms with Gasteiger partial charge in [0.2, 0.25) is 5.90 Å². The van der Waals surface area contributed by atoms with Crippen molar-refractivity contribution in [3.63, 3.8) is 0 Å². The van der Waals surface area contributed by atoms with Gasteiger partial charge in [-0.05, 0) is 85.5 Å². The summed E-state index contributed by atoms with van der Waals surface area (Å²) in [6.07, 6.45) is 1.63. The first-order valence-electron chi connectivity index (χ1n) is 9.15. The van der Waals surface area contributed by atoms with Crippen LogP contribution in [0.2, 0.25) is 15.1 Å². The minimum absolute atomic E-state index is 0.170. The Labute approximate surface area is 216 Å². The second-order valence-electron chi connectivity index (χ2n) is 6.67. The van der Waals surface area contributed by atoms with Gasteiger partial charge >= 0.3 is 5.97 Å². The third-order valence-corrected chi connectivity index (χ3v) is 6.66. The van der Waals surface area contributed by atoms with Crippen LogP contribution in [-0.2, 0) is 16.1 Å². The molecular weight excluding hydrogens is 604 g/mol. The Morgan fingerprint density at radius 2 is 1.66 bits per heavy atom. The summed E-state index contributed by atoms with van der Waals surface area (Å²) >= 11 is 25.2. The predicted octanol–water partition coefficient (Wildman–Crippen LogP) is 8.10. The van der Waals surface area contributed by atoms with E-state index in [1.54, 1.807) is 42.5 Å². The molecule has 0 saturated carbocycles. The normalized spacial score (nSPS) is 14.5. The number of carbonyl (C=O) groups is 1. The van der Waals surface area contributed by atoms with Crippen LogP contribution in [0.15, 0.2) is 74.2 Å². The lowest BCUT2D eigenvalue weighted by Gasteiger charge is -2.12. The van der Waals surface area contributed by atoms with E-state index in [0.29, 0.717) is 41.9 Å². The average molecular weight is 617 g/mol. The number of carbonyl (C=O) groups excluding carboxylic acids is 1. The number of ether oxygens (including phenoxy) is 2. The summed E-state index contributed by atoms with van der Waals surface area (Å²) in [7, 11) is 0. The van der Waals surface area contributed by atoms with E-state index in [-0.39, 0.29) is 11.6 Å². The molecule has 0 N–H and O–H groups in total. The Morgan fingerprint density at radius 3 is 2.34 bits per heavy atom. The van der Waals surface area contributed by atoms with Crippen LogP contribution in [-0.4, -0.2) is 11.9 Å². The molecule has 0 fully saturated rings. The maximum absolute atomic E-state index is 12.3. The molecule has 0 spiro atoms. The molecule has 0 atom stereocenters. The molecule has 3 aromatic rings. The number of cyclic esters (lactones) is 1. The van der Waals surface area contributed by atoms with E-state index in [4.69, 9.17) is 44.3 Å². The fourth-order valence-electron chi connectivity index (χ4n) is 2.90. The molecule has 1 heterocycles. The minimum atomic E-state index is -0.549. The van der Waals surface area contributed by atoms with Crippen LogP contribution in [0, 0.1) is 0 Å². The minimum Gasteiger partial charge on any atom is -0.487 e. The molecule has 0 aromatic heterocycles. The Balaban J connectivity index is 1.56. The van der Waals surface area contributed by atoms with Crippen molar-refractivity contribution in [2.24, 2.45) is 4.99 Å². The molecule has 0 unspecified atom stereocenters. The first kappa shape index (κ1) is 23.3. The van der Waals surface area contributed by atoms with Crippen LogP contribution in [0.3, 0.4) is 0 Å². The van der Waals surface area contributed by atoms with Gasteiger partial charge in [-0.25, -0.2) is 9.79 Å². The Morgan fingerprint density at radius 1 is 0.938 bits per heavy atom. The third-order valence-electron chi connectivity index (χ3n) is 4.42. The smallest absolute Gasteiger partial charge is 0.363 e. The monoisotopic (exact) mass is 613 g/mol. The topological polar surface area (TPSA) is 47.9 Å². The van der Waals surface area contributed by atoms with Gasteiger partial charge in [0.1, 0.15) is 12.4 Å². The highest BCUT2D eigenvalue weighted by Gasteiger charge is 2.25. The van der Waals surface area contributed by atoms with Crippen LogP contribution in [0.4, 0.5) is 0 Å². The van der Waals surface area contributed by atoms with Crippen LogP contribution >= 0.6 is 66.7 Å². The quantitative estimate of drug-likeness (QED) is 0.215. The van der Waals surface area contributed by atoms with Crippen LogP contribution in [0.1, 0.15) is 16.7 Å². The van der Waals surface area contributed by atoms with E-state index in [1.807, 2.05) is 18.2 Å². The summed E-state index contributed by atoms with van der Waals surface area (Å²) in [5.74, 6) is 0.228. The molecular formula is C23H12Br2Cl3NO3.